The third-order valence-corrected chi connectivity index (χ3v) is 4.44. The maximum Gasteiger partial charge on any atom is 0.227 e. The van der Waals surface area contributed by atoms with Crippen molar-refractivity contribution >= 4 is 17.2 Å². The molecular weight excluding hydrogens is 244 g/mol. The molecule has 0 spiro atoms. The Morgan fingerprint density at radius 1 is 1.50 bits per heavy atom. The van der Waals surface area contributed by atoms with E-state index in [0.29, 0.717) is 0 Å². The van der Waals surface area contributed by atoms with Gasteiger partial charge in [-0.3, -0.25) is 4.79 Å². The third kappa shape index (κ3) is 3.33. The number of thiophene rings is 1. The predicted molar refractivity (Wildman–Crippen MR) is 76.2 cm³/mol. The van der Waals surface area contributed by atoms with E-state index in [1.54, 1.807) is 11.3 Å². The average Bonchev–Trinajstić information content (AvgIpc) is 2.86. The van der Waals surface area contributed by atoms with Crippen LogP contribution in [0.3, 0.4) is 0 Å². The zero-order valence-electron chi connectivity index (χ0n) is 11.0. The number of nitrogens with one attached hydrogen (secondary N) is 2. The van der Waals surface area contributed by atoms with Gasteiger partial charge in [-0.2, -0.15) is 0 Å². The lowest BCUT2D eigenvalue weighted by Crippen LogP contribution is -2.32. The molecule has 1 aliphatic carbocycles. The second-order valence-electron chi connectivity index (χ2n) is 4.74. The van der Waals surface area contributed by atoms with Gasteiger partial charge in [0.2, 0.25) is 5.91 Å². The molecule has 1 amide bonds. The van der Waals surface area contributed by atoms with E-state index in [4.69, 9.17) is 0 Å². The van der Waals surface area contributed by atoms with Crippen LogP contribution >= 0.6 is 11.3 Å². The summed E-state index contributed by atoms with van der Waals surface area (Å²) in [5.74, 6) is 0.310. The normalized spacial score (nSPS) is 18.4. The van der Waals surface area contributed by atoms with E-state index < -0.39 is 0 Å². The number of rotatable bonds is 6. The molecule has 0 saturated carbocycles. The number of carbonyl (C=O) groups is 1. The Balaban J connectivity index is 1.80. The van der Waals surface area contributed by atoms with E-state index in [0.717, 1.165) is 45.3 Å². The second kappa shape index (κ2) is 6.90. The van der Waals surface area contributed by atoms with Crippen molar-refractivity contribution in [3.63, 3.8) is 0 Å². The first-order valence-corrected chi connectivity index (χ1v) is 7.75. The molecule has 1 atom stereocenters. The van der Waals surface area contributed by atoms with Gasteiger partial charge in [0.1, 0.15) is 0 Å². The van der Waals surface area contributed by atoms with Gasteiger partial charge in [0, 0.05) is 11.4 Å². The Labute approximate surface area is 113 Å². The molecular formula is C14H22N2OS. The molecule has 2 rings (SSSR count). The molecule has 0 saturated heterocycles. The molecule has 0 radical (unpaired) electrons. The summed E-state index contributed by atoms with van der Waals surface area (Å²) in [6.07, 6.45) is 4.30. The van der Waals surface area contributed by atoms with Crippen LogP contribution in [0, 0.1) is 0 Å². The summed E-state index contributed by atoms with van der Waals surface area (Å²) in [4.78, 5) is 13.6. The minimum atomic E-state index is 0.0964. The molecule has 0 bridgehead atoms. The Morgan fingerprint density at radius 3 is 3.22 bits per heavy atom. The Bertz CT molecular complexity index is 389. The largest absolute Gasteiger partial charge is 0.356 e. The average molecular weight is 266 g/mol. The van der Waals surface area contributed by atoms with E-state index in [9.17, 15) is 4.79 Å². The van der Waals surface area contributed by atoms with E-state index in [1.165, 1.54) is 10.4 Å². The van der Waals surface area contributed by atoms with Crippen LogP contribution in [0.15, 0.2) is 11.4 Å². The number of fused-ring (bicyclic) bond motifs is 1. The minimum absolute atomic E-state index is 0.0964. The molecule has 3 nitrogen and oxygen atoms in total. The van der Waals surface area contributed by atoms with E-state index in [1.807, 2.05) is 0 Å². The van der Waals surface area contributed by atoms with Gasteiger partial charge in [0.25, 0.3) is 0 Å². The first-order chi connectivity index (χ1) is 8.83. The van der Waals surface area contributed by atoms with E-state index >= 15 is 0 Å². The van der Waals surface area contributed by atoms with Gasteiger partial charge in [0.15, 0.2) is 0 Å². The topological polar surface area (TPSA) is 41.1 Å². The first-order valence-electron chi connectivity index (χ1n) is 6.87. The van der Waals surface area contributed by atoms with Gasteiger partial charge in [-0.15, -0.1) is 11.3 Å². The smallest absolute Gasteiger partial charge is 0.227 e. The number of amides is 1. The van der Waals surface area contributed by atoms with Crippen LogP contribution in [-0.4, -0.2) is 25.5 Å². The van der Waals surface area contributed by atoms with Crippen molar-refractivity contribution in [2.75, 3.05) is 19.6 Å². The number of hydrogen-bond donors (Lipinski definition) is 2. The maximum atomic E-state index is 12.2. The summed E-state index contributed by atoms with van der Waals surface area (Å²) in [5, 5.41) is 8.44. The zero-order chi connectivity index (χ0) is 12.8. The molecule has 0 fully saturated rings. The zero-order valence-corrected chi connectivity index (χ0v) is 11.8. The lowest BCUT2D eigenvalue weighted by molar-refractivity contribution is -0.122. The number of hydrogen-bond acceptors (Lipinski definition) is 3. The Hall–Kier alpha value is -0.870. The molecule has 100 valence electrons. The molecule has 4 heteroatoms. The summed E-state index contributed by atoms with van der Waals surface area (Å²) in [6.45, 7) is 4.85. The van der Waals surface area contributed by atoms with Crippen LogP contribution in [0.25, 0.3) is 0 Å². The fraction of sp³-hybridized carbons (Fsp3) is 0.643. The van der Waals surface area contributed by atoms with Crippen molar-refractivity contribution < 1.29 is 4.79 Å². The minimum Gasteiger partial charge on any atom is -0.356 e. The molecule has 1 aromatic rings. The lowest BCUT2D eigenvalue weighted by atomic mass is 9.87. The highest BCUT2D eigenvalue weighted by Gasteiger charge is 2.26. The number of aryl methyl sites for hydroxylation is 1. The summed E-state index contributed by atoms with van der Waals surface area (Å²) in [5.41, 5.74) is 1.27. The van der Waals surface area contributed by atoms with Crippen molar-refractivity contribution in [1.29, 1.82) is 0 Å². The first kappa shape index (κ1) is 13.6. The van der Waals surface area contributed by atoms with E-state index in [-0.39, 0.29) is 11.8 Å². The summed E-state index contributed by atoms with van der Waals surface area (Å²) in [6, 6.07) is 2.13. The molecule has 0 aromatic carbocycles. The molecule has 1 unspecified atom stereocenters. The van der Waals surface area contributed by atoms with E-state index in [2.05, 4.69) is 29.0 Å². The van der Waals surface area contributed by atoms with Crippen LogP contribution in [0.2, 0.25) is 0 Å². The van der Waals surface area contributed by atoms with Crippen LogP contribution in [0.5, 0.6) is 0 Å². The van der Waals surface area contributed by atoms with Crippen LogP contribution in [0.4, 0.5) is 0 Å². The third-order valence-electron chi connectivity index (χ3n) is 3.45. The number of carbonyl (C=O) groups excluding carboxylic acids is 1. The molecule has 1 heterocycles. The maximum absolute atomic E-state index is 12.2. The summed E-state index contributed by atoms with van der Waals surface area (Å²) in [7, 11) is 0. The predicted octanol–water partition coefficient (Wildman–Crippen LogP) is 2.28. The lowest BCUT2D eigenvalue weighted by Gasteiger charge is -2.21. The van der Waals surface area contributed by atoms with Crippen LogP contribution in [-0.2, 0) is 11.2 Å². The van der Waals surface area contributed by atoms with Crippen molar-refractivity contribution in [3.8, 4) is 0 Å². The van der Waals surface area contributed by atoms with Gasteiger partial charge in [-0.05, 0) is 55.8 Å². The molecule has 18 heavy (non-hydrogen) atoms. The quantitative estimate of drug-likeness (QED) is 0.776. The van der Waals surface area contributed by atoms with Crippen molar-refractivity contribution in [2.24, 2.45) is 0 Å². The highest BCUT2D eigenvalue weighted by atomic mass is 32.1. The SMILES string of the molecule is CCNCCCNC(=O)C1CCCc2sccc21. The van der Waals surface area contributed by atoms with Gasteiger partial charge in [0.05, 0.1) is 5.92 Å². The summed E-state index contributed by atoms with van der Waals surface area (Å²) < 4.78 is 0. The van der Waals surface area contributed by atoms with Gasteiger partial charge < -0.3 is 10.6 Å². The Morgan fingerprint density at radius 2 is 2.39 bits per heavy atom. The van der Waals surface area contributed by atoms with Gasteiger partial charge in [-0.1, -0.05) is 6.92 Å². The van der Waals surface area contributed by atoms with Crippen LogP contribution in [0.1, 0.15) is 42.5 Å². The molecule has 0 aliphatic heterocycles. The van der Waals surface area contributed by atoms with Crippen molar-refractivity contribution in [3.05, 3.63) is 21.9 Å². The molecule has 2 N–H and O–H groups in total. The fourth-order valence-electron chi connectivity index (χ4n) is 2.48. The van der Waals surface area contributed by atoms with Crippen LogP contribution < -0.4 is 10.6 Å². The van der Waals surface area contributed by atoms with Crippen molar-refractivity contribution in [1.82, 2.24) is 10.6 Å². The summed E-state index contributed by atoms with van der Waals surface area (Å²) >= 11 is 1.79. The fourth-order valence-corrected chi connectivity index (χ4v) is 3.47. The van der Waals surface area contributed by atoms with Gasteiger partial charge in [-0.25, -0.2) is 0 Å². The molecule has 1 aliphatic rings. The van der Waals surface area contributed by atoms with Gasteiger partial charge >= 0.3 is 0 Å². The standard InChI is InChI=1S/C14H22N2OS/c1-2-15-8-4-9-16-14(17)12-5-3-6-13-11(12)7-10-18-13/h7,10,12,15H,2-6,8-9H2,1H3,(H,16,17). The Kier molecular flexibility index (Phi) is 5.20. The highest BCUT2D eigenvalue weighted by Crippen LogP contribution is 2.34. The molecule has 1 aromatic heterocycles. The van der Waals surface area contributed by atoms with Crippen molar-refractivity contribution in [2.45, 2.75) is 38.5 Å². The monoisotopic (exact) mass is 266 g/mol. The second-order valence-corrected chi connectivity index (χ2v) is 5.74. The highest BCUT2D eigenvalue weighted by molar-refractivity contribution is 7.10.